The number of hydrogen-bond acceptors (Lipinski definition) is 7. The van der Waals surface area contributed by atoms with Crippen LogP contribution in [0.1, 0.15) is 45.0 Å². The first kappa shape index (κ1) is 27.5. The van der Waals surface area contributed by atoms with Crippen LogP contribution in [0.25, 0.3) is 0 Å². The van der Waals surface area contributed by atoms with Gasteiger partial charge in [0.2, 0.25) is 0 Å². The van der Waals surface area contributed by atoms with Gasteiger partial charge in [-0.25, -0.2) is 4.79 Å². The fourth-order valence-corrected chi connectivity index (χ4v) is 3.14. The summed E-state index contributed by atoms with van der Waals surface area (Å²) in [7, 11) is 0. The van der Waals surface area contributed by atoms with E-state index in [0.29, 0.717) is 48.3 Å². The van der Waals surface area contributed by atoms with E-state index in [-0.39, 0.29) is 5.92 Å². The molecule has 0 fully saturated rings. The minimum absolute atomic E-state index is 0.253. The van der Waals surface area contributed by atoms with E-state index in [1.165, 1.54) is 0 Å². The van der Waals surface area contributed by atoms with Crippen LogP contribution in [0.3, 0.4) is 0 Å². The van der Waals surface area contributed by atoms with E-state index in [0.717, 1.165) is 0 Å². The number of carbonyl (C=O) groups is 3. The number of esters is 1. The van der Waals surface area contributed by atoms with Crippen LogP contribution in [0, 0.1) is 5.92 Å². The Morgan fingerprint density at radius 2 is 1.46 bits per heavy atom. The molecule has 2 amide bonds. The van der Waals surface area contributed by atoms with E-state index in [9.17, 15) is 14.4 Å². The van der Waals surface area contributed by atoms with Crippen molar-refractivity contribution in [2.45, 2.75) is 40.7 Å². The minimum Gasteiger partial charge on any atom is -0.494 e. The van der Waals surface area contributed by atoms with Crippen LogP contribution >= 0.6 is 0 Å². The lowest BCUT2D eigenvalue weighted by Crippen LogP contribution is -2.45. The van der Waals surface area contributed by atoms with Gasteiger partial charge in [0.05, 0.1) is 19.8 Å². The summed E-state index contributed by atoms with van der Waals surface area (Å²) in [5.41, 5.74) is 0.854. The number of ether oxygens (including phenoxy) is 4. The summed E-state index contributed by atoms with van der Waals surface area (Å²) in [6.45, 7) is 10.1. The van der Waals surface area contributed by atoms with Crippen molar-refractivity contribution in [2.24, 2.45) is 5.92 Å². The molecular formula is C26H34N2O7. The van der Waals surface area contributed by atoms with Crippen LogP contribution in [-0.4, -0.2) is 50.3 Å². The molecule has 0 saturated carbocycles. The van der Waals surface area contributed by atoms with E-state index in [1.807, 2.05) is 20.8 Å². The van der Waals surface area contributed by atoms with Gasteiger partial charge in [-0.2, -0.15) is 0 Å². The molecule has 0 aliphatic carbocycles. The topological polar surface area (TPSA) is 112 Å². The number of hydrogen-bond donors (Lipinski definition) is 2. The third kappa shape index (κ3) is 8.51. The van der Waals surface area contributed by atoms with Crippen LogP contribution in [0.4, 0.5) is 5.69 Å². The molecule has 1 unspecified atom stereocenters. The highest BCUT2D eigenvalue weighted by Gasteiger charge is 2.27. The number of rotatable bonds is 13. The van der Waals surface area contributed by atoms with Gasteiger partial charge in [0.15, 0.2) is 18.1 Å². The van der Waals surface area contributed by atoms with E-state index in [2.05, 4.69) is 10.6 Å². The van der Waals surface area contributed by atoms with Crippen LogP contribution in [0.5, 0.6) is 17.2 Å². The Kier molecular flexibility index (Phi) is 10.9. The van der Waals surface area contributed by atoms with Gasteiger partial charge in [0, 0.05) is 17.3 Å². The van der Waals surface area contributed by atoms with Crippen molar-refractivity contribution in [3.63, 3.8) is 0 Å². The van der Waals surface area contributed by atoms with Gasteiger partial charge in [-0.05, 0) is 63.1 Å². The average Bonchev–Trinajstić information content (AvgIpc) is 2.83. The average molecular weight is 487 g/mol. The molecule has 0 aliphatic rings. The predicted octanol–water partition coefficient (Wildman–Crippen LogP) is 3.82. The van der Waals surface area contributed by atoms with Crippen molar-refractivity contribution in [1.82, 2.24) is 5.32 Å². The summed E-state index contributed by atoms with van der Waals surface area (Å²) in [6.07, 6.45) is 0. The maximum atomic E-state index is 12.6. The molecule has 0 saturated heterocycles. The molecule has 35 heavy (non-hydrogen) atoms. The first-order chi connectivity index (χ1) is 16.8. The summed E-state index contributed by atoms with van der Waals surface area (Å²) in [5.74, 6) is -0.178. The quantitative estimate of drug-likeness (QED) is 0.414. The third-order valence-corrected chi connectivity index (χ3v) is 4.81. The molecule has 2 aromatic carbocycles. The van der Waals surface area contributed by atoms with Gasteiger partial charge < -0.3 is 29.6 Å². The lowest BCUT2D eigenvalue weighted by molar-refractivity contribution is -0.150. The van der Waals surface area contributed by atoms with Gasteiger partial charge >= 0.3 is 5.97 Å². The first-order valence-electron chi connectivity index (χ1n) is 11.7. The molecule has 2 rings (SSSR count). The number of carbonyl (C=O) groups excluding carboxylic acids is 3. The second-order valence-corrected chi connectivity index (χ2v) is 7.84. The molecule has 0 aliphatic heterocycles. The Hall–Kier alpha value is -3.75. The van der Waals surface area contributed by atoms with Gasteiger partial charge in [-0.3, -0.25) is 9.59 Å². The zero-order valence-electron chi connectivity index (χ0n) is 20.9. The predicted molar refractivity (Wildman–Crippen MR) is 132 cm³/mol. The molecule has 0 bridgehead atoms. The SMILES string of the molecule is CCOc1ccc(C(=O)NC(C(=O)OCC(=O)Nc2ccc(OCC)c(OCC)c2)C(C)C)cc1. The molecule has 2 N–H and O–H groups in total. The van der Waals surface area contributed by atoms with Crippen molar-refractivity contribution < 1.29 is 33.3 Å². The van der Waals surface area contributed by atoms with Crippen molar-refractivity contribution in [3.05, 3.63) is 48.0 Å². The molecule has 0 aromatic heterocycles. The Morgan fingerprint density at radius 1 is 0.829 bits per heavy atom. The second-order valence-electron chi connectivity index (χ2n) is 7.84. The zero-order valence-corrected chi connectivity index (χ0v) is 20.9. The van der Waals surface area contributed by atoms with Crippen LogP contribution in [0.15, 0.2) is 42.5 Å². The van der Waals surface area contributed by atoms with Crippen molar-refractivity contribution in [3.8, 4) is 17.2 Å². The number of nitrogens with one attached hydrogen (secondary N) is 2. The van der Waals surface area contributed by atoms with Crippen LogP contribution in [0.2, 0.25) is 0 Å². The Morgan fingerprint density at radius 3 is 2.06 bits per heavy atom. The highest BCUT2D eigenvalue weighted by Crippen LogP contribution is 2.30. The largest absolute Gasteiger partial charge is 0.494 e. The van der Waals surface area contributed by atoms with Crippen LogP contribution in [-0.2, 0) is 14.3 Å². The Labute approximate surface area is 206 Å². The van der Waals surface area contributed by atoms with Gasteiger partial charge in [0.25, 0.3) is 11.8 Å². The molecule has 190 valence electrons. The van der Waals surface area contributed by atoms with E-state index >= 15 is 0 Å². The highest BCUT2D eigenvalue weighted by molar-refractivity contribution is 5.97. The molecule has 2 aromatic rings. The highest BCUT2D eigenvalue weighted by atomic mass is 16.5. The van der Waals surface area contributed by atoms with Crippen molar-refractivity contribution in [2.75, 3.05) is 31.7 Å². The van der Waals surface area contributed by atoms with E-state index in [1.54, 1.807) is 56.3 Å². The molecule has 0 spiro atoms. The monoisotopic (exact) mass is 486 g/mol. The van der Waals surface area contributed by atoms with Gasteiger partial charge in [-0.15, -0.1) is 0 Å². The Bertz CT molecular complexity index is 990. The van der Waals surface area contributed by atoms with Gasteiger partial charge in [-0.1, -0.05) is 13.8 Å². The maximum Gasteiger partial charge on any atom is 0.329 e. The fraction of sp³-hybridized carbons (Fsp3) is 0.423. The van der Waals surface area contributed by atoms with Gasteiger partial charge in [0.1, 0.15) is 11.8 Å². The summed E-state index contributed by atoms with van der Waals surface area (Å²) in [6, 6.07) is 10.7. The molecule has 0 heterocycles. The lowest BCUT2D eigenvalue weighted by Gasteiger charge is -2.21. The van der Waals surface area contributed by atoms with Crippen molar-refractivity contribution in [1.29, 1.82) is 0 Å². The lowest BCUT2D eigenvalue weighted by atomic mass is 10.0. The maximum absolute atomic E-state index is 12.6. The minimum atomic E-state index is -0.920. The van der Waals surface area contributed by atoms with E-state index in [4.69, 9.17) is 18.9 Å². The normalized spacial score (nSPS) is 11.4. The standard InChI is InChI=1S/C26H34N2O7/c1-6-32-20-12-9-18(10-13-20)25(30)28-24(17(4)5)26(31)35-16-23(29)27-19-11-14-21(33-7-2)22(15-19)34-8-3/h9-15,17,24H,6-8,16H2,1-5H3,(H,27,29)(H,28,30). The molecule has 1 atom stereocenters. The van der Waals surface area contributed by atoms with E-state index < -0.39 is 30.4 Å². The summed E-state index contributed by atoms with van der Waals surface area (Å²) >= 11 is 0. The first-order valence-corrected chi connectivity index (χ1v) is 11.7. The van der Waals surface area contributed by atoms with Crippen LogP contribution < -0.4 is 24.8 Å². The summed E-state index contributed by atoms with van der Waals surface area (Å²) < 4.78 is 21.6. The second kappa shape index (κ2) is 13.8. The summed E-state index contributed by atoms with van der Waals surface area (Å²) in [5, 5.41) is 5.35. The molecule has 9 nitrogen and oxygen atoms in total. The number of anilines is 1. The van der Waals surface area contributed by atoms with Crippen molar-refractivity contribution >= 4 is 23.5 Å². The fourth-order valence-electron chi connectivity index (χ4n) is 3.14. The Balaban J connectivity index is 1.95. The number of amides is 2. The number of benzene rings is 2. The third-order valence-electron chi connectivity index (χ3n) is 4.81. The molecule has 0 radical (unpaired) electrons. The molecular weight excluding hydrogens is 452 g/mol. The molecule has 9 heteroatoms. The summed E-state index contributed by atoms with van der Waals surface area (Å²) in [4.78, 5) is 37.6. The zero-order chi connectivity index (χ0) is 25.8. The smallest absolute Gasteiger partial charge is 0.329 e.